The minimum Gasteiger partial charge on any atom is -0.356 e. The zero-order chi connectivity index (χ0) is 15.1. The van der Waals surface area contributed by atoms with Gasteiger partial charge in [0, 0.05) is 29.7 Å². The molecule has 2 rings (SSSR count). The maximum atomic E-state index is 11.7. The van der Waals surface area contributed by atoms with Crippen molar-refractivity contribution in [3.05, 3.63) is 56.6 Å². The number of rotatable bonds is 7. The van der Waals surface area contributed by atoms with E-state index < -0.39 is 0 Å². The molecule has 0 aliphatic heterocycles. The van der Waals surface area contributed by atoms with Crippen molar-refractivity contribution in [3.8, 4) is 0 Å². The monoisotopic (exact) mass is 304 g/mol. The molecular weight excluding hydrogens is 284 g/mol. The second kappa shape index (κ2) is 7.78. The molecule has 0 aromatic carbocycles. The van der Waals surface area contributed by atoms with Crippen LogP contribution in [-0.2, 0) is 17.8 Å². The van der Waals surface area contributed by atoms with E-state index in [-0.39, 0.29) is 11.5 Å². The van der Waals surface area contributed by atoms with Crippen molar-refractivity contribution >= 4 is 17.2 Å². The second-order valence-electron chi connectivity index (χ2n) is 4.97. The van der Waals surface area contributed by atoms with Gasteiger partial charge in [-0.05, 0) is 37.3 Å². The standard InChI is InChI=1S/C16H20N2O2S/c1-13-6-4-8-16(20)18(13)10-3-2-9-17-15(19)12-14-7-5-11-21-14/h4-8,11H,2-3,9-10,12H2,1H3,(H,17,19). The van der Waals surface area contributed by atoms with Crippen LogP contribution < -0.4 is 10.9 Å². The van der Waals surface area contributed by atoms with Crippen LogP contribution in [0.1, 0.15) is 23.4 Å². The smallest absolute Gasteiger partial charge is 0.250 e. The van der Waals surface area contributed by atoms with Crippen LogP contribution >= 0.6 is 11.3 Å². The Bertz CT molecular complexity index is 632. The number of nitrogens with zero attached hydrogens (tertiary/aromatic N) is 1. The van der Waals surface area contributed by atoms with Crippen molar-refractivity contribution in [1.82, 2.24) is 9.88 Å². The van der Waals surface area contributed by atoms with E-state index in [4.69, 9.17) is 0 Å². The Morgan fingerprint density at radius 2 is 2.10 bits per heavy atom. The van der Waals surface area contributed by atoms with Crippen molar-refractivity contribution in [2.75, 3.05) is 6.54 Å². The van der Waals surface area contributed by atoms with Crippen LogP contribution in [0.3, 0.4) is 0 Å². The largest absolute Gasteiger partial charge is 0.356 e. The molecule has 0 saturated carbocycles. The van der Waals surface area contributed by atoms with E-state index in [9.17, 15) is 9.59 Å². The molecule has 4 nitrogen and oxygen atoms in total. The van der Waals surface area contributed by atoms with Gasteiger partial charge in [-0.2, -0.15) is 0 Å². The van der Waals surface area contributed by atoms with E-state index >= 15 is 0 Å². The van der Waals surface area contributed by atoms with Gasteiger partial charge in [-0.1, -0.05) is 12.1 Å². The quantitative estimate of drug-likeness (QED) is 0.798. The number of aromatic nitrogens is 1. The molecule has 0 radical (unpaired) electrons. The summed E-state index contributed by atoms with van der Waals surface area (Å²) in [5.41, 5.74) is 1.01. The fourth-order valence-corrected chi connectivity index (χ4v) is 2.87. The van der Waals surface area contributed by atoms with E-state index in [1.54, 1.807) is 28.0 Å². The summed E-state index contributed by atoms with van der Waals surface area (Å²) in [6, 6.07) is 9.21. The minimum atomic E-state index is 0.0386. The van der Waals surface area contributed by atoms with Crippen LogP contribution in [0.15, 0.2) is 40.5 Å². The fraction of sp³-hybridized carbons (Fsp3) is 0.375. The molecule has 0 unspecified atom stereocenters. The first-order valence-electron chi connectivity index (χ1n) is 7.12. The Morgan fingerprint density at radius 1 is 1.24 bits per heavy atom. The van der Waals surface area contributed by atoms with E-state index in [0.29, 0.717) is 19.5 Å². The molecule has 5 heteroatoms. The predicted octanol–water partition coefficient (Wildman–Crippen LogP) is 2.36. The predicted molar refractivity (Wildman–Crippen MR) is 85.7 cm³/mol. The molecule has 2 heterocycles. The highest BCUT2D eigenvalue weighted by atomic mass is 32.1. The molecule has 0 aliphatic carbocycles. The maximum absolute atomic E-state index is 11.7. The van der Waals surface area contributed by atoms with Crippen molar-refractivity contribution in [1.29, 1.82) is 0 Å². The lowest BCUT2D eigenvalue weighted by molar-refractivity contribution is -0.120. The number of pyridine rings is 1. The van der Waals surface area contributed by atoms with Crippen molar-refractivity contribution in [3.63, 3.8) is 0 Å². The van der Waals surface area contributed by atoms with Gasteiger partial charge in [0.2, 0.25) is 5.91 Å². The molecule has 1 amide bonds. The summed E-state index contributed by atoms with van der Waals surface area (Å²) in [4.78, 5) is 24.5. The number of nitrogens with one attached hydrogen (secondary N) is 1. The third-order valence-corrected chi connectivity index (χ3v) is 4.19. The van der Waals surface area contributed by atoms with E-state index in [0.717, 1.165) is 23.4 Å². The summed E-state index contributed by atoms with van der Waals surface area (Å²) >= 11 is 1.60. The highest BCUT2D eigenvalue weighted by Crippen LogP contribution is 2.08. The molecule has 21 heavy (non-hydrogen) atoms. The lowest BCUT2D eigenvalue weighted by Crippen LogP contribution is -2.26. The average Bonchev–Trinajstić information content (AvgIpc) is 2.94. The summed E-state index contributed by atoms with van der Waals surface area (Å²) in [5.74, 6) is 0.0607. The molecule has 0 aliphatic rings. The first-order valence-corrected chi connectivity index (χ1v) is 8.00. The molecule has 2 aromatic rings. The number of hydrogen-bond acceptors (Lipinski definition) is 3. The van der Waals surface area contributed by atoms with Crippen molar-refractivity contribution in [2.45, 2.75) is 32.7 Å². The highest BCUT2D eigenvalue weighted by molar-refractivity contribution is 7.10. The van der Waals surface area contributed by atoms with Gasteiger partial charge in [0.1, 0.15) is 0 Å². The first-order chi connectivity index (χ1) is 10.2. The number of carbonyl (C=O) groups excluding carboxylic acids is 1. The number of aryl methyl sites for hydroxylation is 1. The second-order valence-corrected chi connectivity index (χ2v) is 6.00. The van der Waals surface area contributed by atoms with E-state index in [1.807, 2.05) is 30.5 Å². The third kappa shape index (κ3) is 4.86. The molecule has 0 fully saturated rings. The number of amides is 1. The Morgan fingerprint density at radius 3 is 2.81 bits per heavy atom. The fourth-order valence-electron chi connectivity index (χ4n) is 2.17. The maximum Gasteiger partial charge on any atom is 0.250 e. The van der Waals surface area contributed by atoms with Gasteiger partial charge < -0.3 is 9.88 Å². The Balaban J connectivity index is 1.66. The number of thiophene rings is 1. The molecule has 0 atom stereocenters. The van der Waals surface area contributed by atoms with Crippen LogP contribution in [0.5, 0.6) is 0 Å². The Kier molecular flexibility index (Phi) is 5.75. The summed E-state index contributed by atoms with van der Waals surface area (Å²) in [7, 11) is 0. The molecule has 2 aromatic heterocycles. The van der Waals surface area contributed by atoms with Gasteiger partial charge in [-0.15, -0.1) is 11.3 Å². The van der Waals surface area contributed by atoms with Crippen LogP contribution in [0, 0.1) is 6.92 Å². The van der Waals surface area contributed by atoms with Crippen molar-refractivity contribution in [2.24, 2.45) is 0 Å². The zero-order valence-electron chi connectivity index (χ0n) is 12.2. The molecule has 112 valence electrons. The van der Waals surface area contributed by atoms with Crippen LogP contribution in [0.2, 0.25) is 0 Å². The van der Waals surface area contributed by atoms with Gasteiger partial charge in [0.25, 0.3) is 5.56 Å². The molecular formula is C16H20N2O2S. The third-order valence-electron chi connectivity index (χ3n) is 3.31. The lowest BCUT2D eigenvalue weighted by atomic mass is 10.2. The normalized spacial score (nSPS) is 10.5. The van der Waals surface area contributed by atoms with Gasteiger partial charge in [0.15, 0.2) is 0 Å². The Hall–Kier alpha value is -1.88. The summed E-state index contributed by atoms with van der Waals surface area (Å²) in [6.07, 6.45) is 2.20. The summed E-state index contributed by atoms with van der Waals surface area (Å²) in [6.45, 7) is 3.29. The number of hydrogen-bond donors (Lipinski definition) is 1. The molecule has 0 saturated heterocycles. The van der Waals surface area contributed by atoms with Crippen LogP contribution in [-0.4, -0.2) is 17.0 Å². The van der Waals surface area contributed by atoms with Crippen LogP contribution in [0.4, 0.5) is 0 Å². The molecule has 1 N–H and O–H groups in total. The van der Waals surface area contributed by atoms with Gasteiger partial charge >= 0.3 is 0 Å². The minimum absolute atomic E-state index is 0.0386. The van der Waals surface area contributed by atoms with Crippen LogP contribution in [0.25, 0.3) is 0 Å². The lowest BCUT2D eigenvalue weighted by Gasteiger charge is -2.09. The zero-order valence-corrected chi connectivity index (χ0v) is 13.0. The van der Waals surface area contributed by atoms with E-state index in [2.05, 4.69) is 5.32 Å². The van der Waals surface area contributed by atoms with Gasteiger partial charge in [0.05, 0.1) is 6.42 Å². The first kappa shape index (κ1) is 15.5. The van der Waals surface area contributed by atoms with E-state index in [1.165, 1.54) is 0 Å². The summed E-state index contributed by atoms with van der Waals surface area (Å²) < 4.78 is 1.77. The Labute approximate surface area is 128 Å². The number of carbonyl (C=O) groups is 1. The van der Waals surface area contributed by atoms with Gasteiger partial charge in [-0.25, -0.2) is 0 Å². The molecule has 0 bridgehead atoms. The summed E-state index contributed by atoms with van der Waals surface area (Å²) in [5, 5.41) is 4.89. The van der Waals surface area contributed by atoms with Crippen molar-refractivity contribution < 1.29 is 4.79 Å². The number of unbranched alkanes of at least 4 members (excludes halogenated alkanes) is 1. The molecule has 0 spiro atoms. The average molecular weight is 304 g/mol. The highest BCUT2D eigenvalue weighted by Gasteiger charge is 2.03. The topological polar surface area (TPSA) is 51.1 Å². The van der Waals surface area contributed by atoms with Gasteiger partial charge in [-0.3, -0.25) is 9.59 Å². The SMILES string of the molecule is Cc1cccc(=O)n1CCCCNC(=O)Cc1cccs1.